The zero-order valence-corrected chi connectivity index (χ0v) is 27.1. The van der Waals surface area contributed by atoms with Crippen LogP contribution in [0.4, 0.5) is 28.1 Å². The lowest BCUT2D eigenvalue weighted by atomic mass is 10.0. The molecule has 0 spiro atoms. The van der Waals surface area contributed by atoms with Gasteiger partial charge in [0.05, 0.1) is 26.4 Å². The first-order chi connectivity index (χ1) is 23.0. The average Bonchev–Trinajstić information content (AvgIpc) is 3.09. The van der Waals surface area contributed by atoms with Crippen molar-refractivity contribution < 1.29 is 19.1 Å². The fourth-order valence-corrected chi connectivity index (χ4v) is 5.54. The van der Waals surface area contributed by atoms with Gasteiger partial charge >= 0.3 is 6.03 Å². The lowest BCUT2D eigenvalue weighted by molar-refractivity contribution is 0.0655. The molecule has 4 heterocycles. The van der Waals surface area contributed by atoms with Gasteiger partial charge in [-0.25, -0.2) is 4.79 Å². The van der Waals surface area contributed by atoms with Crippen LogP contribution in [0.2, 0.25) is 0 Å². The molecule has 4 aliphatic rings. The number of ether oxygens (including phenoxy) is 2. The molecule has 2 aromatic carbocycles. The zero-order chi connectivity index (χ0) is 32.4. The minimum absolute atomic E-state index is 0.00241. The summed E-state index contributed by atoms with van der Waals surface area (Å²) in [7, 11) is 0. The van der Waals surface area contributed by atoms with E-state index in [9.17, 15) is 9.59 Å². The molecule has 3 aliphatic heterocycles. The number of anilines is 4. The average molecular weight is 644 g/mol. The number of nitrogens with one attached hydrogen (secondary N) is 3. The highest BCUT2D eigenvalue weighted by molar-refractivity contribution is 6.00. The molecular formula is C34H45N9O4. The summed E-state index contributed by atoms with van der Waals surface area (Å²) in [4.78, 5) is 46.1. The van der Waals surface area contributed by atoms with Crippen LogP contribution in [0.5, 0.6) is 0 Å². The monoisotopic (exact) mass is 643 g/mol. The highest BCUT2D eigenvalue weighted by Crippen LogP contribution is 2.24. The summed E-state index contributed by atoms with van der Waals surface area (Å²) < 4.78 is 11.0. The smallest absolute Gasteiger partial charge is 0.323 e. The Bertz CT molecular complexity index is 1430. The highest BCUT2D eigenvalue weighted by Gasteiger charge is 2.24. The zero-order valence-electron chi connectivity index (χ0n) is 27.1. The number of urea groups is 1. The number of amides is 3. The van der Waals surface area contributed by atoms with Crippen molar-refractivity contribution in [3.63, 3.8) is 0 Å². The maximum atomic E-state index is 12.9. The third-order valence-corrected chi connectivity index (χ3v) is 8.75. The Morgan fingerprint density at radius 3 is 1.72 bits per heavy atom. The summed E-state index contributed by atoms with van der Waals surface area (Å²) in [6.45, 7) is 9.70. The molecule has 3 saturated heterocycles. The van der Waals surface area contributed by atoms with Gasteiger partial charge in [-0.15, -0.1) is 0 Å². The van der Waals surface area contributed by atoms with Crippen molar-refractivity contribution in [1.29, 1.82) is 0 Å². The van der Waals surface area contributed by atoms with Crippen molar-refractivity contribution >= 4 is 35.2 Å². The molecule has 3 amide bonds. The lowest BCUT2D eigenvalue weighted by Crippen LogP contribution is -2.52. The molecule has 3 N–H and O–H groups in total. The first kappa shape index (κ1) is 32.6. The van der Waals surface area contributed by atoms with Crippen molar-refractivity contribution in [2.45, 2.75) is 38.6 Å². The highest BCUT2D eigenvalue weighted by atomic mass is 16.5. The van der Waals surface area contributed by atoms with Crippen LogP contribution in [0, 0.1) is 0 Å². The van der Waals surface area contributed by atoms with Gasteiger partial charge in [0.15, 0.2) is 5.82 Å². The van der Waals surface area contributed by atoms with E-state index < -0.39 is 0 Å². The van der Waals surface area contributed by atoms with E-state index in [1.807, 2.05) is 36.1 Å². The van der Waals surface area contributed by atoms with E-state index in [-0.39, 0.29) is 18.0 Å². The standard InChI is InChI=1S/C30H37N9O4.C4H8/c1-21-20-31-10-11-39(21)27(40)23-4-8-25(9-5-23)33-30(41)32-24-6-2-22(3-7-24)26-34-28(37-12-16-42-17-13-37)36-29(35-26)38-14-18-43-19-15-38;1-2-4-3-1/h2-9,21,31H,10-20H2,1H3,(H2,32,33,41);1-4H2. The van der Waals surface area contributed by atoms with Crippen molar-refractivity contribution in [3.05, 3.63) is 54.1 Å². The second kappa shape index (κ2) is 16.0. The molecule has 1 aromatic heterocycles. The number of aromatic nitrogens is 3. The Morgan fingerprint density at radius 1 is 0.723 bits per heavy atom. The number of morpholine rings is 2. The normalized spacial score (nSPS) is 19.6. The number of rotatable bonds is 6. The van der Waals surface area contributed by atoms with Gasteiger partial charge in [0.2, 0.25) is 11.9 Å². The summed E-state index contributed by atoms with van der Waals surface area (Å²) in [5.41, 5.74) is 2.63. The molecule has 13 heteroatoms. The van der Waals surface area contributed by atoms with Crippen LogP contribution < -0.4 is 25.8 Å². The molecule has 3 aromatic rings. The largest absolute Gasteiger partial charge is 0.378 e. The quantitative estimate of drug-likeness (QED) is 0.363. The van der Waals surface area contributed by atoms with E-state index in [4.69, 9.17) is 24.4 Å². The van der Waals surface area contributed by atoms with Crippen molar-refractivity contribution in [1.82, 2.24) is 25.2 Å². The Kier molecular flexibility index (Phi) is 11.1. The van der Waals surface area contributed by atoms with Crippen LogP contribution in [-0.2, 0) is 9.47 Å². The number of carbonyl (C=O) groups is 2. The van der Waals surface area contributed by atoms with Crippen molar-refractivity contribution in [2.75, 3.05) is 92.7 Å². The third-order valence-electron chi connectivity index (χ3n) is 8.75. The van der Waals surface area contributed by atoms with Crippen LogP contribution in [0.15, 0.2) is 48.5 Å². The Hall–Kier alpha value is -4.33. The number of nitrogens with zero attached hydrogens (tertiary/aromatic N) is 6. The molecule has 250 valence electrons. The van der Waals surface area contributed by atoms with E-state index >= 15 is 0 Å². The first-order valence-electron chi connectivity index (χ1n) is 16.8. The maximum Gasteiger partial charge on any atom is 0.323 e. The molecule has 0 radical (unpaired) electrons. The summed E-state index contributed by atoms with van der Waals surface area (Å²) in [6, 6.07) is 14.1. The molecule has 1 unspecified atom stereocenters. The van der Waals surface area contributed by atoms with Crippen molar-refractivity contribution in [3.8, 4) is 11.4 Å². The van der Waals surface area contributed by atoms with Gasteiger partial charge < -0.3 is 40.1 Å². The van der Waals surface area contributed by atoms with Crippen LogP contribution in [-0.4, -0.2) is 110 Å². The SMILES string of the molecule is C1CCC1.CC1CNCCN1C(=O)c1ccc(NC(=O)Nc2ccc(-c3nc(N4CCOCC4)nc(N4CCOCC4)n3)cc2)cc1. The van der Waals surface area contributed by atoms with Crippen molar-refractivity contribution in [2.24, 2.45) is 0 Å². The number of hydrogen-bond acceptors (Lipinski definition) is 10. The van der Waals surface area contributed by atoms with Crippen LogP contribution in [0.3, 0.4) is 0 Å². The molecule has 1 saturated carbocycles. The first-order valence-corrected chi connectivity index (χ1v) is 16.8. The Morgan fingerprint density at radius 2 is 1.23 bits per heavy atom. The number of carbonyl (C=O) groups excluding carboxylic acids is 2. The van der Waals surface area contributed by atoms with Gasteiger partial charge in [0, 0.05) is 74.4 Å². The molecule has 7 rings (SSSR count). The lowest BCUT2D eigenvalue weighted by Gasteiger charge is -2.34. The van der Waals surface area contributed by atoms with E-state index in [1.54, 1.807) is 24.3 Å². The molecular weight excluding hydrogens is 598 g/mol. The summed E-state index contributed by atoms with van der Waals surface area (Å²) in [6.07, 6.45) is 6.00. The van der Waals surface area contributed by atoms with Gasteiger partial charge in [0.25, 0.3) is 5.91 Å². The van der Waals surface area contributed by atoms with E-state index in [0.717, 1.165) is 44.8 Å². The second-order valence-electron chi connectivity index (χ2n) is 12.2. The minimum Gasteiger partial charge on any atom is -0.378 e. The predicted molar refractivity (Wildman–Crippen MR) is 182 cm³/mol. The van der Waals surface area contributed by atoms with Gasteiger partial charge in [-0.3, -0.25) is 4.79 Å². The number of hydrogen-bond donors (Lipinski definition) is 3. The third kappa shape index (κ3) is 8.73. The topological polar surface area (TPSA) is 137 Å². The molecule has 13 nitrogen and oxygen atoms in total. The van der Waals surface area contributed by atoms with Gasteiger partial charge in [-0.1, -0.05) is 25.7 Å². The fraction of sp³-hybridized carbons (Fsp3) is 0.500. The maximum absolute atomic E-state index is 12.9. The predicted octanol–water partition coefficient (Wildman–Crippen LogP) is 3.85. The summed E-state index contributed by atoms with van der Waals surface area (Å²) >= 11 is 0. The summed E-state index contributed by atoms with van der Waals surface area (Å²) in [5.74, 6) is 1.83. The number of benzene rings is 2. The number of piperazine rings is 1. The van der Waals surface area contributed by atoms with E-state index in [0.29, 0.717) is 67.6 Å². The van der Waals surface area contributed by atoms with Gasteiger partial charge in [-0.05, 0) is 55.5 Å². The van der Waals surface area contributed by atoms with Crippen LogP contribution >= 0.6 is 0 Å². The molecule has 4 fully saturated rings. The van der Waals surface area contributed by atoms with E-state index in [1.165, 1.54) is 25.7 Å². The second-order valence-corrected chi connectivity index (χ2v) is 12.2. The Labute approximate surface area is 276 Å². The molecule has 0 bridgehead atoms. The minimum atomic E-state index is -0.382. The van der Waals surface area contributed by atoms with E-state index in [2.05, 4.69) is 25.8 Å². The fourth-order valence-electron chi connectivity index (χ4n) is 5.54. The van der Waals surface area contributed by atoms with Crippen LogP contribution in [0.25, 0.3) is 11.4 Å². The van der Waals surface area contributed by atoms with Gasteiger partial charge in [0.1, 0.15) is 0 Å². The molecule has 1 atom stereocenters. The van der Waals surface area contributed by atoms with Gasteiger partial charge in [-0.2, -0.15) is 15.0 Å². The molecule has 47 heavy (non-hydrogen) atoms. The summed E-state index contributed by atoms with van der Waals surface area (Å²) in [5, 5.41) is 8.98. The molecule has 1 aliphatic carbocycles. The van der Waals surface area contributed by atoms with Crippen LogP contribution in [0.1, 0.15) is 43.0 Å². The Balaban J connectivity index is 0.000000898.